The van der Waals surface area contributed by atoms with Crippen molar-refractivity contribution in [1.82, 2.24) is 15.6 Å². The minimum absolute atomic E-state index is 0.230. The average Bonchev–Trinajstić information content (AvgIpc) is 2.89. The maximum absolute atomic E-state index is 13.4. The molecule has 8 heteroatoms. The number of aliphatic hydroxyl groups is 1. The summed E-state index contributed by atoms with van der Waals surface area (Å²) in [5.74, 6) is -3.38. The molecule has 2 aromatic carbocycles. The molecule has 6 nitrogen and oxygen atoms in total. The summed E-state index contributed by atoms with van der Waals surface area (Å²) in [5.41, 5.74) is 3.27. The zero-order valence-electron chi connectivity index (χ0n) is 19.1. The molecule has 0 aliphatic heterocycles. The smallest absolute Gasteiger partial charge is 0.251 e. The molecule has 1 saturated carbocycles. The second-order valence-electron chi connectivity index (χ2n) is 8.75. The van der Waals surface area contributed by atoms with Gasteiger partial charge in [-0.3, -0.25) is 14.6 Å². The van der Waals surface area contributed by atoms with Gasteiger partial charge in [-0.05, 0) is 65.9 Å². The topological polar surface area (TPSA) is 91.3 Å². The van der Waals surface area contributed by atoms with E-state index in [1.165, 1.54) is 0 Å². The number of nitrogens with zero attached hydrogens (tertiary/aromatic N) is 1. The number of aliphatic hydroxyl groups excluding tert-OH is 1. The van der Waals surface area contributed by atoms with Crippen LogP contribution in [-0.2, 0) is 0 Å². The van der Waals surface area contributed by atoms with Crippen LogP contribution in [0.2, 0.25) is 0 Å². The molecule has 35 heavy (non-hydrogen) atoms. The Morgan fingerprint density at radius 1 is 0.943 bits per heavy atom. The standard InChI is InChI=1S/C27H27F2N3O3/c28-27(29)12-8-23(9-13-27)31-26(35)22-3-1-2-21(16-22)24(17-33)32-25(34)20-6-4-18(5-7-20)19-10-14-30-15-11-19/h1-7,10-11,14-16,23-24,33H,8-9,12-13,17H2,(H,31,35)(H,32,34)/t24-/m1/s1. The Labute approximate surface area is 202 Å². The lowest BCUT2D eigenvalue weighted by atomic mass is 9.92. The van der Waals surface area contributed by atoms with Crippen LogP contribution in [0.25, 0.3) is 11.1 Å². The van der Waals surface area contributed by atoms with E-state index in [9.17, 15) is 23.5 Å². The largest absolute Gasteiger partial charge is 0.394 e. The Morgan fingerprint density at radius 2 is 1.60 bits per heavy atom. The third-order valence-electron chi connectivity index (χ3n) is 6.25. The van der Waals surface area contributed by atoms with Gasteiger partial charge in [-0.25, -0.2) is 8.78 Å². The highest BCUT2D eigenvalue weighted by atomic mass is 19.3. The predicted molar refractivity (Wildman–Crippen MR) is 128 cm³/mol. The lowest BCUT2D eigenvalue weighted by Gasteiger charge is -2.28. The van der Waals surface area contributed by atoms with Crippen LogP contribution in [0.15, 0.2) is 73.1 Å². The minimum atomic E-state index is -2.66. The highest BCUT2D eigenvalue weighted by Gasteiger charge is 2.35. The van der Waals surface area contributed by atoms with Crippen molar-refractivity contribution in [2.24, 2.45) is 0 Å². The maximum Gasteiger partial charge on any atom is 0.251 e. The molecule has 0 saturated heterocycles. The van der Waals surface area contributed by atoms with Gasteiger partial charge < -0.3 is 15.7 Å². The van der Waals surface area contributed by atoms with E-state index in [4.69, 9.17) is 0 Å². The zero-order valence-corrected chi connectivity index (χ0v) is 19.1. The average molecular weight is 480 g/mol. The lowest BCUT2D eigenvalue weighted by molar-refractivity contribution is -0.0399. The van der Waals surface area contributed by atoms with Crippen molar-refractivity contribution in [1.29, 1.82) is 0 Å². The van der Waals surface area contributed by atoms with Gasteiger partial charge in [0.15, 0.2) is 0 Å². The molecular formula is C27H27F2N3O3. The van der Waals surface area contributed by atoms with Gasteiger partial charge in [-0.2, -0.15) is 0 Å². The summed E-state index contributed by atoms with van der Waals surface area (Å²) in [5, 5.41) is 15.5. The van der Waals surface area contributed by atoms with Crippen LogP contribution < -0.4 is 10.6 Å². The Balaban J connectivity index is 1.40. The van der Waals surface area contributed by atoms with Gasteiger partial charge in [0.05, 0.1) is 12.6 Å². The number of hydrogen-bond acceptors (Lipinski definition) is 4. The summed E-state index contributed by atoms with van der Waals surface area (Å²) in [7, 11) is 0. The van der Waals surface area contributed by atoms with E-state index in [1.54, 1.807) is 48.8 Å². The number of rotatable bonds is 7. The number of aromatic nitrogens is 1. The van der Waals surface area contributed by atoms with E-state index in [0.717, 1.165) is 11.1 Å². The third-order valence-corrected chi connectivity index (χ3v) is 6.25. The molecular weight excluding hydrogens is 452 g/mol. The molecule has 2 amide bonds. The first-order valence-electron chi connectivity index (χ1n) is 11.6. The van der Waals surface area contributed by atoms with Crippen LogP contribution in [0, 0.1) is 0 Å². The number of benzene rings is 2. The molecule has 0 radical (unpaired) electrons. The second-order valence-corrected chi connectivity index (χ2v) is 8.75. The van der Waals surface area contributed by atoms with Crippen LogP contribution in [0.5, 0.6) is 0 Å². The van der Waals surface area contributed by atoms with E-state index in [1.807, 2.05) is 24.3 Å². The van der Waals surface area contributed by atoms with Gasteiger partial charge in [-0.1, -0.05) is 24.3 Å². The summed E-state index contributed by atoms with van der Waals surface area (Å²) < 4.78 is 26.7. The number of nitrogens with one attached hydrogen (secondary N) is 2. The zero-order chi connectivity index (χ0) is 24.8. The molecule has 0 unspecified atom stereocenters. The predicted octanol–water partition coefficient (Wildman–Crippen LogP) is 4.52. The van der Waals surface area contributed by atoms with Gasteiger partial charge in [0.25, 0.3) is 11.8 Å². The van der Waals surface area contributed by atoms with E-state index >= 15 is 0 Å². The van der Waals surface area contributed by atoms with Crippen LogP contribution in [0.3, 0.4) is 0 Å². The normalized spacial score (nSPS) is 16.3. The van der Waals surface area contributed by atoms with Crippen molar-refractivity contribution in [3.8, 4) is 11.1 Å². The van der Waals surface area contributed by atoms with Crippen molar-refractivity contribution in [2.75, 3.05) is 6.61 Å². The molecule has 1 aliphatic rings. The van der Waals surface area contributed by atoms with Gasteiger partial charge in [0.1, 0.15) is 0 Å². The molecule has 3 N–H and O–H groups in total. The van der Waals surface area contributed by atoms with E-state index in [2.05, 4.69) is 15.6 Å². The summed E-state index contributed by atoms with van der Waals surface area (Å²) in [4.78, 5) is 29.5. The molecule has 182 valence electrons. The molecule has 1 aromatic heterocycles. The summed E-state index contributed by atoms with van der Waals surface area (Å²) in [6, 6.07) is 16.4. The molecule has 1 heterocycles. The number of halogens is 2. The van der Waals surface area contributed by atoms with Crippen LogP contribution in [0.1, 0.15) is 58.0 Å². The van der Waals surface area contributed by atoms with E-state index in [-0.39, 0.29) is 50.1 Å². The Bertz CT molecular complexity index is 1160. The van der Waals surface area contributed by atoms with E-state index in [0.29, 0.717) is 16.7 Å². The van der Waals surface area contributed by atoms with Gasteiger partial charge in [0, 0.05) is 42.4 Å². The fourth-order valence-corrected chi connectivity index (χ4v) is 4.18. The fourth-order valence-electron chi connectivity index (χ4n) is 4.18. The quantitative estimate of drug-likeness (QED) is 0.465. The molecule has 3 aromatic rings. The SMILES string of the molecule is O=C(NC1CCC(F)(F)CC1)c1cccc([C@@H](CO)NC(=O)c2ccc(-c3ccncc3)cc2)c1. The Hall–Kier alpha value is -3.65. The number of carbonyl (C=O) groups is 2. The first-order chi connectivity index (χ1) is 16.8. The number of amides is 2. The molecule has 1 atom stereocenters. The number of hydrogen-bond donors (Lipinski definition) is 3. The van der Waals surface area contributed by atoms with Gasteiger partial charge >= 0.3 is 0 Å². The number of alkyl halides is 2. The number of pyridine rings is 1. The van der Waals surface area contributed by atoms with E-state index < -0.39 is 12.0 Å². The highest BCUT2D eigenvalue weighted by Crippen LogP contribution is 2.33. The maximum atomic E-state index is 13.4. The van der Waals surface area contributed by atoms with Crippen LogP contribution in [0.4, 0.5) is 8.78 Å². The van der Waals surface area contributed by atoms with Crippen molar-refractivity contribution in [2.45, 2.75) is 43.7 Å². The fraction of sp³-hybridized carbons (Fsp3) is 0.296. The first-order valence-corrected chi connectivity index (χ1v) is 11.6. The van der Waals surface area contributed by atoms with Crippen molar-refractivity contribution >= 4 is 11.8 Å². The second kappa shape index (κ2) is 10.7. The molecule has 0 bridgehead atoms. The molecule has 0 spiro atoms. The summed E-state index contributed by atoms with van der Waals surface area (Å²) >= 11 is 0. The minimum Gasteiger partial charge on any atom is -0.394 e. The molecule has 1 fully saturated rings. The van der Waals surface area contributed by atoms with Crippen LogP contribution >= 0.6 is 0 Å². The van der Waals surface area contributed by atoms with Crippen LogP contribution in [-0.4, -0.2) is 40.5 Å². The third kappa shape index (κ3) is 6.27. The van der Waals surface area contributed by atoms with Crippen molar-refractivity contribution < 1.29 is 23.5 Å². The lowest BCUT2D eigenvalue weighted by Crippen LogP contribution is -2.40. The first kappa shape index (κ1) is 24.5. The molecule has 1 aliphatic carbocycles. The number of carbonyl (C=O) groups excluding carboxylic acids is 2. The molecule has 4 rings (SSSR count). The van der Waals surface area contributed by atoms with Crippen molar-refractivity contribution in [3.05, 3.63) is 89.7 Å². The monoisotopic (exact) mass is 479 g/mol. The van der Waals surface area contributed by atoms with Gasteiger partial charge in [-0.15, -0.1) is 0 Å². The highest BCUT2D eigenvalue weighted by molar-refractivity contribution is 5.96. The Kier molecular flexibility index (Phi) is 7.51. The van der Waals surface area contributed by atoms with Gasteiger partial charge in [0.2, 0.25) is 5.92 Å². The Morgan fingerprint density at radius 3 is 2.26 bits per heavy atom. The summed E-state index contributed by atoms with van der Waals surface area (Å²) in [6.45, 7) is -0.358. The summed E-state index contributed by atoms with van der Waals surface area (Å²) in [6.07, 6.45) is 3.38. The van der Waals surface area contributed by atoms with Crippen molar-refractivity contribution in [3.63, 3.8) is 0 Å².